The largest absolute Gasteiger partial charge is 0.465 e. The Morgan fingerprint density at radius 2 is 1.88 bits per heavy atom. The van der Waals surface area contributed by atoms with Gasteiger partial charge in [0.25, 0.3) is 0 Å². The van der Waals surface area contributed by atoms with Gasteiger partial charge in [0.05, 0.1) is 6.61 Å². The number of benzene rings is 1. The first-order chi connectivity index (χ1) is 7.68. The van der Waals surface area contributed by atoms with Gasteiger partial charge in [0.1, 0.15) is 12.2 Å². The molecule has 1 rings (SSSR count). The van der Waals surface area contributed by atoms with Gasteiger partial charge in [-0.3, -0.25) is 9.59 Å². The standard InChI is InChI=1S/C13H16O3/c1-11(14)10-13(15)16-9-5-8-12-6-3-2-4-7-12/h2-4,6-7H,5,8-10H2,1H3. The van der Waals surface area contributed by atoms with Crippen LogP contribution in [0.3, 0.4) is 0 Å². The van der Waals surface area contributed by atoms with Crippen molar-refractivity contribution in [1.82, 2.24) is 0 Å². The molecule has 0 fully saturated rings. The number of hydrogen-bond donors (Lipinski definition) is 0. The predicted octanol–water partition coefficient (Wildman–Crippen LogP) is 2.14. The van der Waals surface area contributed by atoms with E-state index in [0.717, 1.165) is 12.8 Å². The van der Waals surface area contributed by atoms with Crippen molar-refractivity contribution < 1.29 is 14.3 Å². The highest BCUT2D eigenvalue weighted by atomic mass is 16.5. The van der Waals surface area contributed by atoms with Crippen molar-refractivity contribution in [3.05, 3.63) is 35.9 Å². The summed E-state index contributed by atoms with van der Waals surface area (Å²) in [6, 6.07) is 10.0. The minimum atomic E-state index is -0.430. The van der Waals surface area contributed by atoms with E-state index in [1.54, 1.807) is 0 Å². The molecule has 0 N–H and O–H groups in total. The molecule has 0 aliphatic rings. The fraction of sp³-hybridized carbons (Fsp3) is 0.385. The number of hydrogen-bond acceptors (Lipinski definition) is 3. The van der Waals surface area contributed by atoms with Gasteiger partial charge in [-0.15, -0.1) is 0 Å². The first kappa shape index (κ1) is 12.4. The van der Waals surface area contributed by atoms with Crippen molar-refractivity contribution in [3.8, 4) is 0 Å². The van der Waals surface area contributed by atoms with Crippen molar-refractivity contribution >= 4 is 11.8 Å². The lowest BCUT2D eigenvalue weighted by Gasteiger charge is -2.03. The smallest absolute Gasteiger partial charge is 0.313 e. The normalized spacial score (nSPS) is 9.81. The quantitative estimate of drug-likeness (QED) is 0.419. The van der Waals surface area contributed by atoms with Crippen LogP contribution in [0.15, 0.2) is 30.3 Å². The molecule has 0 aromatic heterocycles. The second-order valence-corrected chi connectivity index (χ2v) is 3.69. The van der Waals surface area contributed by atoms with Crippen LogP contribution in [0.1, 0.15) is 25.3 Å². The van der Waals surface area contributed by atoms with Crippen LogP contribution in [0.25, 0.3) is 0 Å². The summed E-state index contributed by atoms with van der Waals surface area (Å²) in [7, 11) is 0. The molecule has 0 aliphatic heterocycles. The molecule has 0 saturated carbocycles. The molecule has 0 radical (unpaired) electrons. The monoisotopic (exact) mass is 220 g/mol. The van der Waals surface area contributed by atoms with Gasteiger partial charge in [-0.2, -0.15) is 0 Å². The molecule has 1 aromatic rings. The zero-order chi connectivity index (χ0) is 11.8. The number of rotatable bonds is 6. The molecular formula is C13H16O3. The zero-order valence-electron chi connectivity index (χ0n) is 9.44. The second kappa shape index (κ2) is 6.77. The van der Waals surface area contributed by atoms with Crippen LogP contribution in [0.2, 0.25) is 0 Å². The van der Waals surface area contributed by atoms with Crippen molar-refractivity contribution in [3.63, 3.8) is 0 Å². The highest BCUT2D eigenvalue weighted by Crippen LogP contribution is 2.02. The Bertz CT molecular complexity index is 343. The number of carbonyl (C=O) groups is 2. The van der Waals surface area contributed by atoms with Crippen LogP contribution < -0.4 is 0 Å². The summed E-state index contributed by atoms with van der Waals surface area (Å²) in [5, 5.41) is 0. The number of aryl methyl sites for hydroxylation is 1. The summed E-state index contributed by atoms with van der Waals surface area (Å²) < 4.78 is 4.91. The number of Topliss-reactive ketones (excluding diaryl/α,β-unsaturated/α-hetero) is 1. The maximum Gasteiger partial charge on any atom is 0.313 e. The van der Waals surface area contributed by atoms with Crippen LogP contribution in [0.5, 0.6) is 0 Å². The van der Waals surface area contributed by atoms with Gasteiger partial charge in [0.2, 0.25) is 0 Å². The van der Waals surface area contributed by atoms with Gasteiger partial charge < -0.3 is 4.74 Å². The molecule has 0 aliphatic carbocycles. The lowest BCUT2D eigenvalue weighted by molar-refractivity contribution is -0.145. The predicted molar refractivity (Wildman–Crippen MR) is 61.0 cm³/mol. The first-order valence-corrected chi connectivity index (χ1v) is 5.37. The van der Waals surface area contributed by atoms with Gasteiger partial charge in [0, 0.05) is 0 Å². The van der Waals surface area contributed by atoms with Crippen molar-refractivity contribution in [2.24, 2.45) is 0 Å². The van der Waals surface area contributed by atoms with Crippen LogP contribution >= 0.6 is 0 Å². The summed E-state index contributed by atoms with van der Waals surface area (Å²) in [5.74, 6) is -0.589. The Hall–Kier alpha value is -1.64. The molecular weight excluding hydrogens is 204 g/mol. The van der Waals surface area contributed by atoms with E-state index in [1.165, 1.54) is 12.5 Å². The molecule has 86 valence electrons. The van der Waals surface area contributed by atoms with E-state index in [4.69, 9.17) is 4.74 Å². The van der Waals surface area contributed by atoms with Gasteiger partial charge in [-0.25, -0.2) is 0 Å². The minimum absolute atomic E-state index is 0.120. The molecule has 1 aromatic carbocycles. The molecule has 0 saturated heterocycles. The van der Waals surface area contributed by atoms with Crippen molar-refractivity contribution in [1.29, 1.82) is 0 Å². The highest BCUT2D eigenvalue weighted by Gasteiger charge is 2.05. The van der Waals surface area contributed by atoms with Gasteiger partial charge in [0.15, 0.2) is 0 Å². The SMILES string of the molecule is CC(=O)CC(=O)OCCCc1ccccc1. The summed E-state index contributed by atoms with van der Waals surface area (Å²) in [4.78, 5) is 21.6. The number of carbonyl (C=O) groups excluding carboxylic acids is 2. The number of esters is 1. The number of ketones is 1. The third-order valence-corrected chi connectivity index (χ3v) is 2.11. The van der Waals surface area contributed by atoms with Crippen LogP contribution in [-0.4, -0.2) is 18.4 Å². The Morgan fingerprint density at radius 1 is 1.19 bits per heavy atom. The van der Waals surface area contributed by atoms with Crippen molar-refractivity contribution in [2.45, 2.75) is 26.2 Å². The summed E-state index contributed by atoms with van der Waals surface area (Å²) >= 11 is 0. The zero-order valence-corrected chi connectivity index (χ0v) is 9.44. The minimum Gasteiger partial charge on any atom is -0.465 e. The molecule has 3 heteroatoms. The second-order valence-electron chi connectivity index (χ2n) is 3.69. The fourth-order valence-electron chi connectivity index (χ4n) is 1.36. The lowest BCUT2D eigenvalue weighted by atomic mass is 10.1. The molecule has 16 heavy (non-hydrogen) atoms. The van der Waals surface area contributed by atoms with Crippen LogP contribution in [0.4, 0.5) is 0 Å². The summed E-state index contributed by atoms with van der Waals surface area (Å²) in [5.41, 5.74) is 1.23. The molecule has 0 heterocycles. The molecule has 3 nitrogen and oxygen atoms in total. The maximum absolute atomic E-state index is 11.0. The Kier molecular flexibility index (Phi) is 5.26. The van der Waals surface area contributed by atoms with E-state index in [-0.39, 0.29) is 12.2 Å². The third kappa shape index (κ3) is 5.29. The van der Waals surface area contributed by atoms with Gasteiger partial charge in [-0.1, -0.05) is 30.3 Å². The first-order valence-electron chi connectivity index (χ1n) is 5.37. The molecule has 0 spiro atoms. The van der Waals surface area contributed by atoms with E-state index < -0.39 is 5.97 Å². The molecule has 0 bridgehead atoms. The molecule has 0 atom stereocenters. The Labute approximate surface area is 95.4 Å². The summed E-state index contributed by atoms with van der Waals surface area (Å²) in [6.07, 6.45) is 1.55. The topological polar surface area (TPSA) is 43.4 Å². The van der Waals surface area contributed by atoms with E-state index in [2.05, 4.69) is 0 Å². The highest BCUT2D eigenvalue weighted by molar-refractivity contribution is 5.94. The van der Waals surface area contributed by atoms with E-state index in [0.29, 0.717) is 6.61 Å². The average molecular weight is 220 g/mol. The summed E-state index contributed by atoms with van der Waals surface area (Å²) in [6.45, 7) is 1.76. The van der Waals surface area contributed by atoms with E-state index in [9.17, 15) is 9.59 Å². The van der Waals surface area contributed by atoms with E-state index >= 15 is 0 Å². The number of ether oxygens (including phenoxy) is 1. The van der Waals surface area contributed by atoms with Gasteiger partial charge in [-0.05, 0) is 25.3 Å². The average Bonchev–Trinajstić information content (AvgIpc) is 2.25. The fourth-order valence-corrected chi connectivity index (χ4v) is 1.36. The molecule has 0 unspecified atom stereocenters. The van der Waals surface area contributed by atoms with Crippen molar-refractivity contribution in [2.75, 3.05) is 6.61 Å². The lowest BCUT2D eigenvalue weighted by Crippen LogP contribution is -2.10. The third-order valence-electron chi connectivity index (χ3n) is 2.11. The Morgan fingerprint density at radius 3 is 2.50 bits per heavy atom. The maximum atomic E-state index is 11.0. The molecule has 0 amide bonds. The van der Waals surface area contributed by atoms with Crippen LogP contribution in [0, 0.1) is 0 Å². The van der Waals surface area contributed by atoms with Crippen LogP contribution in [-0.2, 0) is 20.7 Å². The Balaban J connectivity index is 2.13. The van der Waals surface area contributed by atoms with E-state index in [1.807, 2.05) is 30.3 Å². The van der Waals surface area contributed by atoms with Gasteiger partial charge >= 0.3 is 5.97 Å².